The van der Waals surface area contributed by atoms with Gasteiger partial charge in [-0.2, -0.15) is 0 Å². The molecular weight excluding hydrogens is 725 g/mol. The van der Waals surface area contributed by atoms with Gasteiger partial charge in [-0.05, 0) is 60.7 Å². The molecule has 0 aliphatic heterocycles. The van der Waals surface area contributed by atoms with E-state index in [1.807, 2.05) is 29.5 Å². The lowest BCUT2D eigenvalue weighted by atomic mass is 9.95. The van der Waals surface area contributed by atoms with E-state index in [1.54, 1.807) is 0 Å². The summed E-state index contributed by atoms with van der Waals surface area (Å²) in [4.78, 5) is 15.7. The predicted molar refractivity (Wildman–Crippen MR) is 244 cm³/mol. The minimum Gasteiger partial charge on any atom is -0.309 e. The molecule has 8 aromatic carbocycles. The molecule has 270 valence electrons. The van der Waals surface area contributed by atoms with Gasteiger partial charge in [-0.15, -0.1) is 11.3 Å². The zero-order valence-corrected chi connectivity index (χ0v) is 32.0. The first kappa shape index (κ1) is 32.7. The van der Waals surface area contributed by atoms with Crippen LogP contribution in [0.15, 0.2) is 194 Å². The van der Waals surface area contributed by atoms with Crippen LogP contribution >= 0.6 is 11.3 Å². The molecule has 0 saturated heterocycles. The van der Waals surface area contributed by atoms with E-state index in [4.69, 9.17) is 15.0 Å². The van der Waals surface area contributed by atoms with Gasteiger partial charge >= 0.3 is 0 Å². The van der Waals surface area contributed by atoms with Crippen molar-refractivity contribution in [2.75, 3.05) is 0 Å². The molecule has 0 amide bonds. The van der Waals surface area contributed by atoms with Crippen molar-refractivity contribution in [3.63, 3.8) is 0 Å². The molecule has 4 nitrogen and oxygen atoms in total. The number of benzene rings is 8. The predicted octanol–water partition coefficient (Wildman–Crippen LogP) is 14.3. The Kier molecular flexibility index (Phi) is 7.37. The van der Waals surface area contributed by atoms with E-state index < -0.39 is 0 Å². The van der Waals surface area contributed by atoms with Crippen LogP contribution in [0.5, 0.6) is 0 Å². The quantitative estimate of drug-likeness (QED) is 0.164. The van der Waals surface area contributed by atoms with Crippen molar-refractivity contribution in [1.82, 2.24) is 19.5 Å². The van der Waals surface area contributed by atoms with Gasteiger partial charge in [0, 0.05) is 75.0 Å². The summed E-state index contributed by atoms with van der Waals surface area (Å²) in [7, 11) is 0. The molecule has 0 aliphatic carbocycles. The average Bonchev–Trinajstić information content (AvgIpc) is 3.84. The number of nitrogens with zero attached hydrogens (tertiary/aromatic N) is 4. The second-order valence-corrected chi connectivity index (χ2v) is 15.8. The van der Waals surface area contributed by atoms with Gasteiger partial charge < -0.3 is 4.57 Å². The average molecular weight is 757 g/mol. The summed E-state index contributed by atoms with van der Waals surface area (Å²) in [5.41, 5.74) is 11.4. The molecular formula is C53H32N4S. The van der Waals surface area contributed by atoms with Crippen molar-refractivity contribution in [1.29, 1.82) is 0 Å². The number of fused-ring (bicyclic) bond motifs is 10. The van der Waals surface area contributed by atoms with E-state index in [2.05, 4.69) is 180 Å². The Morgan fingerprint density at radius 2 is 0.966 bits per heavy atom. The number of hydrogen-bond donors (Lipinski definition) is 0. The lowest BCUT2D eigenvalue weighted by molar-refractivity contribution is 1.18. The van der Waals surface area contributed by atoms with Gasteiger partial charge in [0.05, 0.1) is 33.6 Å². The molecule has 12 aromatic rings. The van der Waals surface area contributed by atoms with Crippen LogP contribution in [-0.4, -0.2) is 19.5 Å². The highest BCUT2D eigenvalue weighted by Crippen LogP contribution is 2.45. The summed E-state index contributed by atoms with van der Waals surface area (Å²) < 4.78 is 4.85. The SMILES string of the molecule is c1ccc(-c2nc(-c3ccc4sc5ccc6c(-c7ccccc7)nc7ccccc7c6c5c4c3)cc(-c3ccc4c(c3)c3ccccc3n4-c3ccccc3)n2)cc1. The Morgan fingerprint density at radius 3 is 1.74 bits per heavy atom. The van der Waals surface area contributed by atoms with Crippen LogP contribution in [0.2, 0.25) is 0 Å². The van der Waals surface area contributed by atoms with Crippen LogP contribution in [0.4, 0.5) is 0 Å². The smallest absolute Gasteiger partial charge is 0.160 e. The fourth-order valence-electron chi connectivity index (χ4n) is 8.73. The van der Waals surface area contributed by atoms with E-state index in [9.17, 15) is 0 Å². The Hall–Kier alpha value is -7.47. The second-order valence-electron chi connectivity index (χ2n) is 14.8. The number of hydrogen-bond acceptors (Lipinski definition) is 4. The number of thiophene rings is 1. The molecule has 4 heterocycles. The molecule has 0 spiro atoms. The summed E-state index contributed by atoms with van der Waals surface area (Å²) >= 11 is 1.84. The minimum absolute atomic E-state index is 0.699. The molecule has 0 unspecified atom stereocenters. The third-order valence-electron chi connectivity index (χ3n) is 11.4. The zero-order valence-electron chi connectivity index (χ0n) is 31.2. The van der Waals surface area contributed by atoms with E-state index in [0.29, 0.717) is 5.82 Å². The summed E-state index contributed by atoms with van der Waals surface area (Å²) in [6, 6.07) is 68.9. The summed E-state index contributed by atoms with van der Waals surface area (Å²) in [6.07, 6.45) is 0. The van der Waals surface area contributed by atoms with E-state index in [-0.39, 0.29) is 0 Å². The Morgan fingerprint density at radius 1 is 0.362 bits per heavy atom. The summed E-state index contributed by atoms with van der Waals surface area (Å²) in [6.45, 7) is 0. The van der Waals surface area contributed by atoms with Gasteiger partial charge in [-0.3, -0.25) is 0 Å². The molecule has 4 aromatic heterocycles. The lowest BCUT2D eigenvalue weighted by Crippen LogP contribution is -1.96. The summed E-state index contributed by atoms with van der Waals surface area (Å²) in [5, 5.41) is 8.42. The van der Waals surface area contributed by atoms with Crippen molar-refractivity contribution >= 4 is 75.0 Å². The molecule has 0 atom stereocenters. The molecule has 0 saturated carbocycles. The Labute approximate surface area is 338 Å². The maximum atomic E-state index is 5.27. The topological polar surface area (TPSA) is 43.6 Å². The first-order valence-electron chi connectivity index (χ1n) is 19.5. The van der Waals surface area contributed by atoms with Gasteiger partial charge in [-0.1, -0.05) is 133 Å². The summed E-state index contributed by atoms with van der Waals surface area (Å²) in [5.74, 6) is 0.699. The van der Waals surface area contributed by atoms with Crippen molar-refractivity contribution in [2.24, 2.45) is 0 Å². The molecule has 0 N–H and O–H groups in total. The highest BCUT2D eigenvalue weighted by atomic mass is 32.1. The highest BCUT2D eigenvalue weighted by molar-refractivity contribution is 7.26. The van der Waals surface area contributed by atoms with Crippen molar-refractivity contribution in [3.8, 4) is 50.8 Å². The van der Waals surface area contributed by atoms with Gasteiger partial charge in [0.15, 0.2) is 5.82 Å². The third kappa shape index (κ3) is 5.18. The lowest BCUT2D eigenvalue weighted by Gasteiger charge is -2.12. The Balaban J connectivity index is 1.09. The molecule has 58 heavy (non-hydrogen) atoms. The number of aromatic nitrogens is 4. The number of para-hydroxylation sites is 3. The van der Waals surface area contributed by atoms with Gasteiger partial charge in [0.25, 0.3) is 0 Å². The molecule has 0 fully saturated rings. The van der Waals surface area contributed by atoms with Crippen molar-refractivity contribution in [2.45, 2.75) is 0 Å². The number of pyridine rings is 1. The molecule has 0 aliphatic rings. The van der Waals surface area contributed by atoms with E-state index in [1.165, 1.54) is 41.8 Å². The third-order valence-corrected chi connectivity index (χ3v) is 12.5. The van der Waals surface area contributed by atoms with Gasteiger partial charge in [0.1, 0.15) is 0 Å². The normalized spacial score (nSPS) is 11.8. The van der Waals surface area contributed by atoms with Crippen LogP contribution in [0, 0.1) is 0 Å². The van der Waals surface area contributed by atoms with Gasteiger partial charge in [0.2, 0.25) is 0 Å². The first-order valence-corrected chi connectivity index (χ1v) is 20.3. The Bertz CT molecular complexity index is 3550. The van der Waals surface area contributed by atoms with Crippen LogP contribution in [0.3, 0.4) is 0 Å². The largest absolute Gasteiger partial charge is 0.309 e. The van der Waals surface area contributed by atoms with Crippen LogP contribution < -0.4 is 0 Å². The fourth-order valence-corrected chi connectivity index (χ4v) is 9.83. The van der Waals surface area contributed by atoms with Crippen molar-refractivity contribution in [3.05, 3.63) is 194 Å². The zero-order chi connectivity index (χ0) is 38.2. The van der Waals surface area contributed by atoms with E-state index in [0.717, 1.165) is 66.8 Å². The number of rotatable bonds is 5. The van der Waals surface area contributed by atoms with Gasteiger partial charge in [-0.25, -0.2) is 15.0 Å². The standard InChI is InChI=1S/C53H32N4S/c1-4-14-33(15-5-1)52-40-26-29-49-51(50(40)39-21-10-12-22-43(39)54-52)42-31-36(25-28-48(42)58-49)45-32-44(55-53(56-45)34-16-6-2-7-17-34)35-24-27-47-41(30-35)38-20-11-13-23-46(38)57(47)37-18-8-3-9-19-37/h1-32H. The van der Waals surface area contributed by atoms with Crippen LogP contribution in [0.25, 0.3) is 115 Å². The maximum Gasteiger partial charge on any atom is 0.160 e. The minimum atomic E-state index is 0.699. The molecule has 0 bridgehead atoms. The molecule has 5 heteroatoms. The van der Waals surface area contributed by atoms with Crippen LogP contribution in [-0.2, 0) is 0 Å². The van der Waals surface area contributed by atoms with Crippen LogP contribution in [0.1, 0.15) is 0 Å². The van der Waals surface area contributed by atoms with Crippen molar-refractivity contribution < 1.29 is 0 Å². The van der Waals surface area contributed by atoms with E-state index >= 15 is 0 Å². The molecule has 0 radical (unpaired) electrons. The highest BCUT2D eigenvalue weighted by Gasteiger charge is 2.19. The fraction of sp³-hybridized carbons (Fsp3) is 0. The molecule has 12 rings (SSSR count). The monoisotopic (exact) mass is 756 g/mol. The maximum absolute atomic E-state index is 5.27. The first-order chi connectivity index (χ1) is 28.7. The second kappa shape index (κ2) is 13.1.